The number of allylic oxidation sites excluding steroid dienone is 1. The van der Waals surface area contributed by atoms with Gasteiger partial charge in [0.2, 0.25) is 0 Å². The number of hydrogen-bond acceptors (Lipinski definition) is 0. The molecule has 0 bridgehead atoms. The van der Waals surface area contributed by atoms with Gasteiger partial charge in [-0.05, 0) is 42.5 Å². The molecule has 1 aliphatic carbocycles. The molecular formula is C31H62. The van der Waals surface area contributed by atoms with Crippen LogP contribution in [0, 0.1) is 13.8 Å². The zero-order chi connectivity index (χ0) is 24.1. The fraction of sp³-hybridized carbons (Fsp3) is 0.548. The van der Waals surface area contributed by atoms with E-state index in [1.165, 1.54) is 22.3 Å². The van der Waals surface area contributed by atoms with Gasteiger partial charge in [-0.2, -0.15) is 0 Å². The summed E-state index contributed by atoms with van der Waals surface area (Å²) in [4.78, 5) is 0. The first-order chi connectivity index (χ1) is 14.3. The molecule has 0 fully saturated rings. The molecule has 0 aromatic heterocycles. The molecule has 0 nitrogen and oxygen atoms in total. The van der Waals surface area contributed by atoms with Crippen LogP contribution in [0.3, 0.4) is 0 Å². The zero-order valence-electron chi connectivity index (χ0n) is 22.5. The van der Waals surface area contributed by atoms with Gasteiger partial charge in [0.05, 0.1) is 0 Å². The van der Waals surface area contributed by atoms with Gasteiger partial charge in [0.15, 0.2) is 0 Å². The molecule has 0 heteroatoms. The molecule has 0 amide bonds. The van der Waals surface area contributed by atoms with Gasteiger partial charge in [0.25, 0.3) is 0 Å². The summed E-state index contributed by atoms with van der Waals surface area (Å²) in [6, 6.07) is 16.9. The molecule has 0 N–H and O–H groups in total. The Morgan fingerprint density at radius 3 is 1.13 bits per heavy atom. The van der Waals surface area contributed by atoms with E-state index in [0.717, 1.165) is 6.42 Å². The summed E-state index contributed by atoms with van der Waals surface area (Å²) in [7, 11) is 0. The maximum Gasteiger partial charge on any atom is -0.00882 e. The van der Waals surface area contributed by atoms with E-state index in [1.807, 2.05) is 83.1 Å². The topological polar surface area (TPSA) is 0 Å². The van der Waals surface area contributed by atoms with Crippen LogP contribution in [0.1, 0.15) is 120 Å². The van der Waals surface area contributed by atoms with Crippen LogP contribution in [-0.2, 0) is 6.42 Å². The van der Waals surface area contributed by atoms with Crippen molar-refractivity contribution in [1.82, 2.24) is 0 Å². The Morgan fingerprint density at radius 2 is 0.806 bits per heavy atom. The number of fused-ring (bicyclic) bond motifs is 1. The molecule has 0 atom stereocenters. The molecule has 1 aliphatic rings. The van der Waals surface area contributed by atoms with Gasteiger partial charge in [-0.3, -0.25) is 0 Å². The van der Waals surface area contributed by atoms with Gasteiger partial charge < -0.3 is 0 Å². The lowest BCUT2D eigenvalue weighted by atomic mass is 10.1. The second-order valence-electron chi connectivity index (χ2n) is 4.39. The van der Waals surface area contributed by atoms with Crippen molar-refractivity contribution < 1.29 is 0 Å². The van der Waals surface area contributed by atoms with Gasteiger partial charge in [0, 0.05) is 0 Å². The third kappa shape index (κ3) is 28.2. The highest BCUT2D eigenvalue weighted by Gasteiger charge is 2.00. The molecule has 186 valence electrons. The summed E-state index contributed by atoms with van der Waals surface area (Å²) in [6.45, 7) is 28.2. The van der Waals surface area contributed by atoms with Crippen molar-refractivity contribution >= 4 is 6.08 Å². The van der Waals surface area contributed by atoms with Crippen molar-refractivity contribution in [3.8, 4) is 0 Å². The second kappa shape index (κ2) is 46.4. The van der Waals surface area contributed by atoms with Crippen molar-refractivity contribution in [3.63, 3.8) is 0 Å². The fourth-order valence-electron chi connectivity index (χ4n) is 1.86. The number of hydrogen-bond donors (Lipinski definition) is 0. The zero-order valence-corrected chi connectivity index (χ0v) is 22.5. The summed E-state index contributed by atoms with van der Waals surface area (Å²) in [5, 5.41) is 0. The van der Waals surface area contributed by atoms with Crippen molar-refractivity contribution in [1.29, 1.82) is 0 Å². The van der Waals surface area contributed by atoms with Crippen LogP contribution in [0.2, 0.25) is 0 Å². The lowest BCUT2D eigenvalue weighted by molar-refractivity contribution is 1.31. The molecule has 0 radical (unpaired) electrons. The minimum absolute atomic E-state index is 0. The molecule has 0 heterocycles. The summed E-state index contributed by atoms with van der Waals surface area (Å²) in [6.07, 6.45) is 5.50. The highest BCUT2D eigenvalue weighted by molar-refractivity contribution is 5.59. The van der Waals surface area contributed by atoms with Crippen molar-refractivity contribution in [2.45, 2.75) is 118 Å². The smallest absolute Gasteiger partial charge is 0.00882 e. The van der Waals surface area contributed by atoms with Crippen molar-refractivity contribution in [3.05, 3.63) is 76.9 Å². The SMILES string of the molecule is C.C.C1=Cc2ccccc2C1.CC.CC.CC.CC.CC.CC.Cc1ccccc1C. The molecule has 3 rings (SSSR count). The second-order valence-corrected chi connectivity index (χ2v) is 4.39. The lowest BCUT2D eigenvalue weighted by Crippen LogP contribution is -1.76. The standard InChI is InChI=1S/C9H8.C8H10.6C2H6.2CH4/c1-2-5-9-7-3-6-8(9)4-1;1-7-5-3-4-6-8(7)2;6*1-2;;/h1-6H,7H2;3-6H,1-2H3;6*1-2H3;2*1H4. The molecule has 0 saturated carbocycles. The Hall–Kier alpha value is -1.82. The van der Waals surface area contributed by atoms with E-state index in [2.05, 4.69) is 74.5 Å². The highest BCUT2D eigenvalue weighted by Crippen LogP contribution is 2.17. The van der Waals surface area contributed by atoms with E-state index >= 15 is 0 Å². The predicted octanol–water partition coefficient (Wildman–Crippen LogP) is 12.0. The summed E-state index contributed by atoms with van der Waals surface area (Å²) in [5.74, 6) is 0. The maximum atomic E-state index is 2.20. The Kier molecular flexibility index (Phi) is 70.5. The molecule has 2 aromatic carbocycles. The van der Waals surface area contributed by atoms with Crippen LogP contribution in [0.4, 0.5) is 0 Å². The van der Waals surface area contributed by atoms with Crippen LogP contribution >= 0.6 is 0 Å². The van der Waals surface area contributed by atoms with Gasteiger partial charge >= 0.3 is 0 Å². The van der Waals surface area contributed by atoms with Crippen LogP contribution < -0.4 is 0 Å². The lowest BCUT2D eigenvalue weighted by Gasteiger charge is -1.93. The number of aryl methyl sites for hydroxylation is 2. The minimum atomic E-state index is 0. The summed E-state index contributed by atoms with van der Waals surface area (Å²) < 4.78 is 0. The molecule has 0 unspecified atom stereocenters. The highest BCUT2D eigenvalue weighted by atomic mass is 14.0. The molecule has 0 aliphatic heterocycles. The Bertz CT molecular complexity index is 500. The quantitative estimate of drug-likeness (QED) is 0.386. The monoisotopic (exact) mass is 434 g/mol. The van der Waals surface area contributed by atoms with E-state index in [0.29, 0.717) is 0 Å². The van der Waals surface area contributed by atoms with Crippen LogP contribution in [-0.4, -0.2) is 0 Å². The summed E-state index contributed by atoms with van der Waals surface area (Å²) in [5.41, 5.74) is 5.58. The van der Waals surface area contributed by atoms with Crippen molar-refractivity contribution in [2.75, 3.05) is 0 Å². The third-order valence-electron chi connectivity index (χ3n) is 3.12. The minimum Gasteiger partial charge on any atom is -0.0795 e. The van der Waals surface area contributed by atoms with Gasteiger partial charge in [-0.25, -0.2) is 0 Å². The Balaban J connectivity index is -0.0000000484. The number of rotatable bonds is 0. The van der Waals surface area contributed by atoms with Gasteiger partial charge in [0.1, 0.15) is 0 Å². The average Bonchev–Trinajstić information content (AvgIpc) is 3.33. The molecule has 0 spiro atoms. The first-order valence-corrected chi connectivity index (χ1v) is 12.0. The van der Waals surface area contributed by atoms with E-state index in [-0.39, 0.29) is 14.9 Å². The van der Waals surface area contributed by atoms with E-state index in [1.54, 1.807) is 0 Å². The van der Waals surface area contributed by atoms with Crippen LogP contribution in [0.25, 0.3) is 6.08 Å². The number of benzene rings is 2. The van der Waals surface area contributed by atoms with E-state index in [9.17, 15) is 0 Å². The molecule has 0 saturated heterocycles. The fourth-order valence-corrected chi connectivity index (χ4v) is 1.86. The van der Waals surface area contributed by atoms with Crippen LogP contribution in [0.15, 0.2) is 54.6 Å². The first kappa shape index (κ1) is 47.1. The largest absolute Gasteiger partial charge is 0.0795 e. The first-order valence-electron chi connectivity index (χ1n) is 12.0. The van der Waals surface area contributed by atoms with Gasteiger partial charge in [-0.1, -0.05) is 159 Å². The van der Waals surface area contributed by atoms with Crippen LogP contribution in [0.5, 0.6) is 0 Å². The molecule has 2 aromatic rings. The third-order valence-corrected chi connectivity index (χ3v) is 3.12. The predicted molar refractivity (Wildman–Crippen MR) is 157 cm³/mol. The van der Waals surface area contributed by atoms with Gasteiger partial charge in [-0.15, -0.1) is 0 Å². The van der Waals surface area contributed by atoms with E-state index < -0.39 is 0 Å². The van der Waals surface area contributed by atoms with E-state index in [4.69, 9.17) is 0 Å². The molecular weight excluding hydrogens is 372 g/mol. The Morgan fingerprint density at radius 1 is 0.484 bits per heavy atom. The maximum absolute atomic E-state index is 2.20. The summed E-state index contributed by atoms with van der Waals surface area (Å²) >= 11 is 0. The Labute approximate surface area is 201 Å². The van der Waals surface area contributed by atoms with Crippen molar-refractivity contribution in [2.24, 2.45) is 0 Å². The molecule has 31 heavy (non-hydrogen) atoms. The normalized spacial score (nSPS) is 7.55. The average molecular weight is 435 g/mol.